The van der Waals surface area contributed by atoms with Crippen LogP contribution in [0.15, 0.2) is 16.6 Å². The Kier molecular flexibility index (Phi) is 10.5. The van der Waals surface area contributed by atoms with Crippen LogP contribution in [0.3, 0.4) is 0 Å². The predicted octanol–water partition coefficient (Wildman–Crippen LogP) is 1.23. The fourth-order valence-electron chi connectivity index (χ4n) is 2.96. The standard InChI is InChI=1S/C18H23BrN2O5.CO2/c1-3-26-18(25)17-16(19)15(14(21-17)6-20-2)11-5-4-10(7-22)12(8-23)13(11)9-24;2-1-3/h4-5,20-24H,3,6-9H2,1-2H3;. The molecule has 158 valence electrons. The van der Waals surface area contributed by atoms with Crippen molar-refractivity contribution in [2.75, 3.05) is 13.7 Å². The number of halogens is 1. The molecule has 2 rings (SSSR count). The van der Waals surface area contributed by atoms with Crippen LogP contribution in [-0.4, -0.2) is 46.1 Å². The molecule has 0 bridgehead atoms. The van der Waals surface area contributed by atoms with Crippen molar-refractivity contribution >= 4 is 28.1 Å². The molecule has 0 saturated heterocycles. The predicted molar refractivity (Wildman–Crippen MR) is 105 cm³/mol. The monoisotopic (exact) mass is 470 g/mol. The molecule has 0 aliphatic rings. The van der Waals surface area contributed by atoms with Gasteiger partial charge in [-0.15, -0.1) is 0 Å². The Morgan fingerprint density at radius 2 is 1.79 bits per heavy atom. The number of hydrogen-bond acceptors (Lipinski definition) is 8. The van der Waals surface area contributed by atoms with Crippen LogP contribution in [0.1, 0.15) is 39.8 Å². The molecule has 1 aromatic carbocycles. The lowest BCUT2D eigenvalue weighted by Gasteiger charge is -2.16. The number of ether oxygens (including phenoxy) is 1. The normalized spacial score (nSPS) is 10.1. The molecule has 0 spiro atoms. The zero-order valence-electron chi connectivity index (χ0n) is 16.0. The summed E-state index contributed by atoms with van der Waals surface area (Å²) < 4.78 is 5.61. The SMILES string of the molecule is CCOC(=O)c1[nH]c(CNC)c(-c2ccc(CO)c(CO)c2CO)c1Br.O=C=O. The van der Waals surface area contributed by atoms with Crippen LogP contribution < -0.4 is 5.32 Å². The van der Waals surface area contributed by atoms with Crippen LogP contribution in [0.4, 0.5) is 0 Å². The number of esters is 1. The maximum absolute atomic E-state index is 12.2. The summed E-state index contributed by atoms with van der Waals surface area (Å²) in [6.45, 7) is 1.57. The second-order valence-corrected chi connectivity index (χ2v) is 6.50. The average molecular weight is 471 g/mol. The van der Waals surface area contributed by atoms with Crippen LogP contribution in [0.25, 0.3) is 11.1 Å². The number of aliphatic hydroxyl groups excluding tert-OH is 3. The number of aromatic nitrogens is 1. The van der Waals surface area contributed by atoms with Gasteiger partial charge in [-0.2, -0.15) is 9.59 Å². The molecule has 1 aromatic heterocycles. The first kappa shape index (κ1) is 24.7. The Morgan fingerprint density at radius 1 is 1.17 bits per heavy atom. The zero-order chi connectivity index (χ0) is 22.0. The van der Waals surface area contributed by atoms with Gasteiger partial charge in [0.2, 0.25) is 0 Å². The van der Waals surface area contributed by atoms with E-state index >= 15 is 0 Å². The lowest BCUT2D eigenvalue weighted by molar-refractivity contribution is -0.191. The summed E-state index contributed by atoms with van der Waals surface area (Å²) in [6.07, 6.45) is 0.250. The van der Waals surface area contributed by atoms with Crippen molar-refractivity contribution in [3.8, 4) is 11.1 Å². The molecule has 0 unspecified atom stereocenters. The highest BCUT2D eigenvalue weighted by Gasteiger charge is 2.25. The van der Waals surface area contributed by atoms with E-state index in [-0.39, 0.29) is 38.3 Å². The number of aliphatic hydroxyl groups is 3. The van der Waals surface area contributed by atoms with Crippen molar-refractivity contribution in [3.05, 3.63) is 44.7 Å². The minimum atomic E-state index is -0.483. The van der Waals surface area contributed by atoms with Gasteiger partial charge in [-0.3, -0.25) is 0 Å². The fourth-order valence-corrected chi connectivity index (χ4v) is 3.68. The molecule has 0 aliphatic carbocycles. The van der Waals surface area contributed by atoms with Gasteiger partial charge in [0.15, 0.2) is 0 Å². The smallest absolute Gasteiger partial charge is 0.373 e. The van der Waals surface area contributed by atoms with E-state index in [0.717, 1.165) is 5.69 Å². The number of aromatic amines is 1. The molecular weight excluding hydrogens is 448 g/mol. The summed E-state index contributed by atoms with van der Waals surface area (Å²) in [5.74, 6) is -0.483. The van der Waals surface area contributed by atoms with Gasteiger partial charge in [0, 0.05) is 17.8 Å². The molecule has 0 amide bonds. The van der Waals surface area contributed by atoms with Gasteiger partial charge in [0.1, 0.15) is 5.69 Å². The van der Waals surface area contributed by atoms with Crippen molar-refractivity contribution in [3.63, 3.8) is 0 Å². The van der Waals surface area contributed by atoms with Crippen LogP contribution >= 0.6 is 15.9 Å². The molecular formula is C19H23BrN2O7. The molecule has 0 fully saturated rings. The Morgan fingerprint density at radius 3 is 2.28 bits per heavy atom. The second kappa shape index (κ2) is 12.3. The van der Waals surface area contributed by atoms with Gasteiger partial charge in [-0.05, 0) is 52.2 Å². The van der Waals surface area contributed by atoms with Crippen molar-refractivity contribution in [2.24, 2.45) is 0 Å². The number of rotatable bonds is 8. The Labute approximate surface area is 175 Å². The number of hydrogen-bond donors (Lipinski definition) is 5. The highest BCUT2D eigenvalue weighted by molar-refractivity contribution is 9.10. The van der Waals surface area contributed by atoms with E-state index in [9.17, 15) is 20.1 Å². The van der Waals surface area contributed by atoms with Gasteiger partial charge in [0.25, 0.3) is 0 Å². The second-order valence-electron chi connectivity index (χ2n) is 5.71. The molecule has 5 N–H and O–H groups in total. The highest BCUT2D eigenvalue weighted by atomic mass is 79.9. The van der Waals surface area contributed by atoms with Crippen molar-refractivity contribution in [1.29, 1.82) is 0 Å². The number of benzene rings is 1. The van der Waals surface area contributed by atoms with Gasteiger partial charge >= 0.3 is 12.1 Å². The maximum Gasteiger partial charge on any atom is 0.373 e. The Balaban J connectivity index is 0.00000132. The molecule has 9 nitrogen and oxygen atoms in total. The van der Waals surface area contributed by atoms with Crippen molar-refractivity contribution in [2.45, 2.75) is 33.3 Å². The highest BCUT2D eigenvalue weighted by Crippen LogP contribution is 2.39. The van der Waals surface area contributed by atoms with Gasteiger partial charge < -0.3 is 30.4 Å². The number of H-pyrrole nitrogens is 1. The minimum absolute atomic E-state index is 0.241. The first-order valence-electron chi connectivity index (χ1n) is 8.63. The lowest BCUT2D eigenvalue weighted by atomic mass is 9.92. The third kappa shape index (κ3) is 5.60. The third-order valence-corrected chi connectivity index (χ3v) is 4.93. The summed E-state index contributed by atoms with van der Waals surface area (Å²) >= 11 is 3.47. The van der Waals surface area contributed by atoms with Crippen molar-refractivity contribution in [1.82, 2.24) is 10.3 Å². The molecule has 0 saturated carbocycles. The van der Waals surface area contributed by atoms with Gasteiger partial charge in [-0.25, -0.2) is 4.79 Å². The molecule has 0 aliphatic heterocycles. The van der Waals surface area contributed by atoms with E-state index in [1.54, 1.807) is 26.1 Å². The Hall–Kier alpha value is -2.33. The lowest BCUT2D eigenvalue weighted by Crippen LogP contribution is -2.09. The molecule has 1 heterocycles. The summed E-state index contributed by atoms with van der Waals surface area (Å²) in [5.41, 5.74) is 3.92. The third-order valence-electron chi connectivity index (χ3n) is 4.13. The van der Waals surface area contributed by atoms with Gasteiger partial charge in [0.05, 0.1) is 30.9 Å². The summed E-state index contributed by atoms with van der Waals surface area (Å²) in [5, 5.41) is 32.1. The zero-order valence-corrected chi connectivity index (χ0v) is 17.6. The first-order valence-corrected chi connectivity index (χ1v) is 9.42. The van der Waals surface area contributed by atoms with E-state index in [1.807, 2.05) is 0 Å². The van der Waals surface area contributed by atoms with E-state index in [0.29, 0.717) is 38.8 Å². The van der Waals surface area contributed by atoms with Gasteiger partial charge in [-0.1, -0.05) is 12.1 Å². The number of nitrogens with one attached hydrogen (secondary N) is 2. The molecule has 10 heteroatoms. The summed E-state index contributed by atoms with van der Waals surface area (Å²) in [4.78, 5) is 31.5. The molecule has 0 radical (unpaired) electrons. The van der Waals surface area contributed by atoms with Crippen LogP contribution in [0.2, 0.25) is 0 Å². The summed E-state index contributed by atoms with van der Waals surface area (Å²) in [7, 11) is 1.78. The maximum atomic E-state index is 12.2. The fraction of sp³-hybridized carbons (Fsp3) is 0.368. The van der Waals surface area contributed by atoms with E-state index in [2.05, 4.69) is 26.2 Å². The topological polar surface area (TPSA) is 149 Å². The Bertz CT molecular complexity index is 874. The summed E-state index contributed by atoms with van der Waals surface area (Å²) in [6, 6.07) is 3.46. The van der Waals surface area contributed by atoms with Crippen LogP contribution in [0, 0.1) is 0 Å². The first-order chi connectivity index (χ1) is 13.9. The van der Waals surface area contributed by atoms with E-state index in [4.69, 9.17) is 14.3 Å². The molecule has 2 aromatic rings. The average Bonchev–Trinajstić information content (AvgIpc) is 3.03. The van der Waals surface area contributed by atoms with Crippen LogP contribution in [-0.2, 0) is 40.7 Å². The number of carbonyl (C=O) groups excluding carboxylic acids is 3. The number of carbonyl (C=O) groups is 1. The molecule has 0 atom stereocenters. The largest absolute Gasteiger partial charge is 0.461 e. The quantitative estimate of drug-likeness (QED) is 0.361. The van der Waals surface area contributed by atoms with E-state index in [1.165, 1.54) is 0 Å². The minimum Gasteiger partial charge on any atom is -0.461 e. The molecule has 29 heavy (non-hydrogen) atoms. The van der Waals surface area contributed by atoms with E-state index < -0.39 is 5.97 Å². The van der Waals surface area contributed by atoms with Crippen LogP contribution in [0.5, 0.6) is 0 Å². The van der Waals surface area contributed by atoms with Crippen molar-refractivity contribution < 1.29 is 34.4 Å².